The van der Waals surface area contributed by atoms with Crippen molar-refractivity contribution < 1.29 is 55.4 Å². The van der Waals surface area contributed by atoms with Crippen LogP contribution in [0.2, 0.25) is 0 Å². The fraction of sp³-hybridized carbons (Fsp3) is 0.455. The van der Waals surface area contributed by atoms with E-state index in [0.717, 1.165) is 50.2 Å². The van der Waals surface area contributed by atoms with Crippen molar-refractivity contribution in [2.24, 2.45) is 0 Å². The Kier molecular flexibility index (Phi) is 9.67. The maximum absolute atomic E-state index is 12.4. The Labute approximate surface area is 206 Å². The van der Waals surface area contributed by atoms with Crippen LogP contribution in [0.5, 0.6) is 0 Å². The van der Waals surface area contributed by atoms with Gasteiger partial charge in [0.25, 0.3) is 0 Å². The van der Waals surface area contributed by atoms with E-state index in [4.69, 9.17) is 24.2 Å². The number of amides is 1. The minimum absolute atomic E-state index is 0.0444. The molecule has 3 N–H and O–H groups in total. The smallest absolute Gasteiger partial charge is 0.475 e. The van der Waals surface area contributed by atoms with Gasteiger partial charge >= 0.3 is 24.3 Å². The van der Waals surface area contributed by atoms with Crippen LogP contribution in [0.15, 0.2) is 47.3 Å². The number of aromatic nitrogens is 1. The Bertz CT molecular complexity index is 1010. The molecule has 2 aromatic heterocycles. The molecule has 1 atom stereocenters. The first-order valence-corrected chi connectivity index (χ1v) is 10.7. The Morgan fingerprint density at radius 2 is 1.62 bits per heavy atom. The lowest BCUT2D eigenvalue weighted by atomic mass is 9.82. The van der Waals surface area contributed by atoms with Crippen LogP contribution >= 0.6 is 0 Å². The Hall–Kier alpha value is -3.62. The number of carbonyl (C=O) groups is 3. The van der Waals surface area contributed by atoms with Crippen molar-refractivity contribution in [2.45, 2.75) is 49.6 Å². The largest absolute Gasteiger partial charge is 0.490 e. The summed E-state index contributed by atoms with van der Waals surface area (Å²) >= 11 is 0. The maximum Gasteiger partial charge on any atom is 0.490 e. The molecule has 0 aromatic carbocycles. The van der Waals surface area contributed by atoms with Gasteiger partial charge in [-0.2, -0.15) is 26.3 Å². The summed E-state index contributed by atoms with van der Waals surface area (Å²) in [6, 6.07) is 7.85. The van der Waals surface area contributed by atoms with Gasteiger partial charge in [0.2, 0.25) is 5.91 Å². The molecule has 2 aliphatic heterocycles. The van der Waals surface area contributed by atoms with Crippen LogP contribution in [0.25, 0.3) is 0 Å². The number of carbonyl (C=O) groups excluding carboxylic acids is 1. The third kappa shape index (κ3) is 9.08. The number of halogens is 6. The molecular formula is C22H23F6N3O6. The number of piperidine rings is 1. The van der Waals surface area contributed by atoms with Gasteiger partial charge in [-0.15, -0.1) is 0 Å². The third-order valence-electron chi connectivity index (χ3n) is 5.64. The summed E-state index contributed by atoms with van der Waals surface area (Å²) < 4.78 is 68.9. The molecule has 0 aliphatic carbocycles. The van der Waals surface area contributed by atoms with E-state index in [9.17, 15) is 31.1 Å². The van der Waals surface area contributed by atoms with Crippen LogP contribution < -0.4 is 5.32 Å². The number of hydrogen-bond donors (Lipinski definition) is 3. The van der Waals surface area contributed by atoms with Crippen LogP contribution in [0.3, 0.4) is 0 Å². The number of carboxylic acids is 2. The third-order valence-corrected chi connectivity index (χ3v) is 5.64. The molecule has 4 rings (SSSR count). The number of hydrogen-bond acceptors (Lipinski definition) is 6. The summed E-state index contributed by atoms with van der Waals surface area (Å²) in [4.78, 5) is 36.8. The lowest BCUT2D eigenvalue weighted by Gasteiger charge is -2.39. The quantitative estimate of drug-likeness (QED) is 0.505. The molecule has 1 spiro atoms. The molecule has 0 radical (unpaired) electrons. The molecule has 2 aromatic rings. The summed E-state index contributed by atoms with van der Waals surface area (Å²) in [7, 11) is 0. The lowest BCUT2D eigenvalue weighted by Crippen LogP contribution is -2.50. The normalized spacial score (nSPS) is 19.2. The second kappa shape index (κ2) is 12.1. The van der Waals surface area contributed by atoms with Crippen molar-refractivity contribution in [1.82, 2.24) is 15.2 Å². The van der Waals surface area contributed by atoms with Crippen molar-refractivity contribution in [2.75, 3.05) is 13.1 Å². The number of furan rings is 1. The van der Waals surface area contributed by atoms with E-state index in [0.29, 0.717) is 0 Å². The number of likely N-dealkylation sites (tertiary alicyclic amines) is 1. The van der Waals surface area contributed by atoms with Crippen LogP contribution in [0.1, 0.15) is 36.5 Å². The number of alkyl halides is 6. The van der Waals surface area contributed by atoms with Gasteiger partial charge in [-0.1, -0.05) is 6.07 Å². The minimum Gasteiger partial charge on any atom is -0.475 e. The molecule has 2 saturated heterocycles. The molecule has 0 saturated carbocycles. The predicted molar refractivity (Wildman–Crippen MR) is 113 cm³/mol. The van der Waals surface area contributed by atoms with Gasteiger partial charge in [0, 0.05) is 31.0 Å². The second-order valence-corrected chi connectivity index (χ2v) is 8.27. The number of carboxylic acid groups (broad SMARTS) is 2. The lowest BCUT2D eigenvalue weighted by molar-refractivity contribution is -0.193. The number of aliphatic carboxylic acids is 2. The second-order valence-electron chi connectivity index (χ2n) is 8.27. The summed E-state index contributed by atoms with van der Waals surface area (Å²) in [5.74, 6) is -4.41. The first kappa shape index (κ1) is 29.6. The molecule has 2 fully saturated rings. The highest BCUT2D eigenvalue weighted by Crippen LogP contribution is 2.39. The number of nitrogens with zero attached hydrogens (tertiary/aromatic N) is 2. The molecule has 2 aliphatic rings. The minimum atomic E-state index is -5.08. The molecule has 1 amide bonds. The van der Waals surface area contributed by atoms with Crippen molar-refractivity contribution in [3.05, 3.63) is 54.2 Å². The van der Waals surface area contributed by atoms with Crippen LogP contribution in [-0.4, -0.2) is 68.9 Å². The van der Waals surface area contributed by atoms with E-state index in [1.54, 1.807) is 12.5 Å². The zero-order valence-electron chi connectivity index (χ0n) is 19.1. The van der Waals surface area contributed by atoms with E-state index in [2.05, 4.69) is 15.2 Å². The highest BCUT2D eigenvalue weighted by atomic mass is 19.4. The SMILES string of the molecule is O=C(O)C(F)(F)F.O=C(O)C(F)(F)F.O=C1NC2(CCN(Cc3ccco3)CC2)CC1c1cccnc1. The zero-order chi connectivity index (χ0) is 27.9. The summed E-state index contributed by atoms with van der Waals surface area (Å²) in [6.07, 6.45) is -2.01. The monoisotopic (exact) mass is 539 g/mol. The van der Waals surface area contributed by atoms with Crippen LogP contribution in [0, 0.1) is 0 Å². The van der Waals surface area contributed by atoms with Gasteiger partial charge in [-0.25, -0.2) is 9.59 Å². The van der Waals surface area contributed by atoms with E-state index < -0.39 is 24.3 Å². The highest BCUT2D eigenvalue weighted by Gasteiger charge is 2.46. The molecule has 0 bridgehead atoms. The van der Waals surface area contributed by atoms with Crippen LogP contribution in [0.4, 0.5) is 26.3 Å². The molecule has 1 unspecified atom stereocenters. The topological polar surface area (TPSA) is 133 Å². The average Bonchev–Trinajstić information content (AvgIpc) is 3.43. The van der Waals surface area contributed by atoms with Crippen molar-refractivity contribution in [1.29, 1.82) is 0 Å². The van der Waals surface area contributed by atoms with E-state index in [1.165, 1.54) is 0 Å². The summed E-state index contributed by atoms with van der Waals surface area (Å²) in [5.41, 5.74) is 0.983. The Morgan fingerprint density at radius 3 is 2.05 bits per heavy atom. The first-order valence-electron chi connectivity index (χ1n) is 10.7. The van der Waals surface area contributed by atoms with E-state index in [1.807, 2.05) is 30.5 Å². The number of pyridine rings is 1. The van der Waals surface area contributed by atoms with Gasteiger partial charge in [0.05, 0.1) is 18.7 Å². The maximum atomic E-state index is 12.4. The number of nitrogens with one attached hydrogen (secondary N) is 1. The summed E-state index contributed by atoms with van der Waals surface area (Å²) in [6.45, 7) is 2.82. The van der Waals surface area contributed by atoms with E-state index >= 15 is 0 Å². The molecule has 4 heterocycles. The molecule has 204 valence electrons. The van der Waals surface area contributed by atoms with E-state index in [-0.39, 0.29) is 17.4 Å². The Balaban J connectivity index is 0.000000286. The Morgan fingerprint density at radius 1 is 1.05 bits per heavy atom. The summed E-state index contributed by atoms with van der Waals surface area (Å²) in [5, 5.41) is 17.5. The molecule has 37 heavy (non-hydrogen) atoms. The first-order chi connectivity index (χ1) is 17.1. The van der Waals surface area contributed by atoms with Gasteiger partial charge in [-0.3, -0.25) is 14.7 Å². The van der Waals surface area contributed by atoms with Crippen molar-refractivity contribution in [3.63, 3.8) is 0 Å². The van der Waals surface area contributed by atoms with Gasteiger partial charge < -0.3 is 19.9 Å². The van der Waals surface area contributed by atoms with Crippen LogP contribution in [-0.2, 0) is 20.9 Å². The van der Waals surface area contributed by atoms with Gasteiger partial charge in [0.1, 0.15) is 5.76 Å². The fourth-order valence-electron chi connectivity index (χ4n) is 3.83. The zero-order valence-corrected chi connectivity index (χ0v) is 19.1. The average molecular weight is 539 g/mol. The van der Waals surface area contributed by atoms with Crippen molar-refractivity contribution >= 4 is 17.8 Å². The molecule has 15 heteroatoms. The van der Waals surface area contributed by atoms with Gasteiger partial charge in [-0.05, 0) is 43.0 Å². The standard InChI is InChI=1S/C18H21N3O2.2C2HF3O2/c22-17-16(14-3-1-7-19-12-14)11-18(20-17)5-8-21(9-6-18)13-15-4-2-10-23-15;2*3-2(4,5)1(6)7/h1-4,7,10,12,16H,5-6,8-9,11,13H2,(H,20,22);2*(H,6,7). The predicted octanol–water partition coefficient (Wildman–Crippen LogP) is 3.58. The van der Waals surface area contributed by atoms with Gasteiger partial charge in [0.15, 0.2) is 0 Å². The molecule has 9 nitrogen and oxygen atoms in total. The fourth-order valence-corrected chi connectivity index (χ4v) is 3.83. The molecular weight excluding hydrogens is 516 g/mol. The number of rotatable bonds is 3. The van der Waals surface area contributed by atoms with Crippen molar-refractivity contribution in [3.8, 4) is 0 Å². The highest BCUT2D eigenvalue weighted by molar-refractivity contribution is 5.87.